The maximum atomic E-state index is 2.49. The molecule has 0 spiro atoms. The Morgan fingerprint density at radius 2 is 0.980 bits per heavy atom. The van der Waals surface area contributed by atoms with Crippen molar-refractivity contribution in [2.45, 2.75) is 16.1 Å². The molecule has 2 atom stereocenters. The van der Waals surface area contributed by atoms with Crippen molar-refractivity contribution < 1.29 is 0 Å². The van der Waals surface area contributed by atoms with Gasteiger partial charge in [0.1, 0.15) is 0 Å². The number of aromatic nitrogens is 2. The average molecular weight is 669 g/mol. The summed E-state index contributed by atoms with van der Waals surface area (Å²) in [6.07, 6.45) is 9.14. The number of rotatable bonds is 4. The minimum atomic E-state index is 0.419. The highest BCUT2D eigenvalue weighted by Crippen LogP contribution is 2.51. The van der Waals surface area contributed by atoms with Gasteiger partial charge < -0.3 is 9.13 Å². The van der Waals surface area contributed by atoms with E-state index in [9.17, 15) is 0 Å². The second kappa shape index (κ2) is 11.2. The Hall–Kier alpha value is -6.03. The van der Waals surface area contributed by atoms with E-state index in [1.165, 1.54) is 82.0 Å². The van der Waals surface area contributed by atoms with Crippen molar-refractivity contribution in [2.24, 2.45) is 0 Å². The topological polar surface area (TPSA) is 9.86 Å². The largest absolute Gasteiger partial charge is 0.309 e. The number of nitrogens with zero attached hydrogens (tertiary/aromatic N) is 2. The SMILES string of the molecule is C1=CC2Sc3cc4c(cc3C2C=C1)c1cc2c3ccccc3n(-c3cccc(-c5ccc(-c6ccccc6)cc5)c3)c2cc1n4-c1ccccc1. The van der Waals surface area contributed by atoms with E-state index in [0.29, 0.717) is 11.2 Å². The van der Waals surface area contributed by atoms with Gasteiger partial charge in [-0.15, -0.1) is 11.8 Å². The van der Waals surface area contributed by atoms with E-state index in [-0.39, 0.29) is 0 Å². The van der Waals surface area contributed by atoms with Crippen molar-refractivity contribution in [1.82, 2.24) is 9.13 Å². The first-order valence-electron chi connectivity index (χ1n) is 17.7. The highest BCUT2D eigenvalue weighted by molar-refractivity contribution is 8.00. The third-order valence-electron chi connectivity index (χ3n) is 10.8. The first kappa shape index (κ1) is 28.8. The van der Waals surface area contributed by atoms with Crippen molar-refractivity contribution in [3.05, 3.63) is 188 Å². The molecule has 2 nitrogen and oxygen atoms in total. The molecule has 51 heavy (non-hydrogen) atoms. The van der Waals surface area contributed by atoms with E-state index in [2.05, 4.69) is 191 Å². The molecule has 240 valence electrons. The fourth-order valence-electron chi connectivity index (χ4n) is 8.45. The fourth-order valence-corrected chi connectivity index (χ4v) is 9.81. The van der Waals surface area contributed by atoms with Crippen LogP contribution in [0.2, 0.25) is 0 Å². The molecule has 0 amide bonds. The molecule has 11 rings (SSSR count). The van der Waals surface area contributed by atoms with Crippen LogP contribution in [-0.2, 0) is 0 Å². The minimum absolute atomic E-state index is 0.419. The highest BCUT2D eigenvalue weighted by atomic mass is 32.2. The summed E-state index contributed by atoms with van der Waals surface area (Å²) < 4.78 is 4.93. The number of fused-ring (bicyclic) bond motifs is 9. The standard InChI is InChI=1S/C48H32N2S/c1-3-12-31(13-4-1)32-22-24-33(25-23-32)34-14-11-17-36(26-34)50-43-20-9-7-18-37(43)39-27-40-41-28-42-38-19-8-10-21-47(38)51-48(42)30-46(41)49(45(40)29-44(39)50)35-15-5-2-6-16-35/h1-30,38,47H. The molecule has 0 N–H and O–H groups in total. The Labute approximate surface area is 300 Å². The fraction of sp³-hybridized carbons (Fsp3) is 0.0417. The van der Waals surface area contributed by atoms with Gasteiger partial charge in [-0.25, -0.2) is 0 Å². The summed E-state index contributed by atoms with van der Waals surface area (Å²) in [6.45, 7) is 0. The van der Waals surface area contributed by atoms with Gasteiger partial charge >= 0.3 is 0 Å². The Kier molecular flexibility index (Phi) is 6.34. The van der Waals surface area contributed by atoms with Gasteiger partial charge in [0.2, 0.25) is 0 Å². The van der Waals surface area contributed by atoms with Crippen LogP contribution in [0.15, 0.2) is 187 Å². The third-order valence-corrected chi connectivity index (χ3v) is 12.2. The van der Waals surface area contributed by atoms with Gasteiger partial charge in [0.25, 0.3) is 0 Å². The molecular formula is C48H32N2S. The molecule has 2 unspecified atom stereocenters. The lowest BCUT2D eigenvalue weighted by molar-refractivity contribution is 0.883. The van der Waals surface area contributed by atoms with Crippen LogP contribution in [0, 0.1) is 0 Å². The molecule has 0 radical (unpaired) electrons. The summed E-state index contributed by atoms with van der Waals surface area (Å²) in [5.74, 6) is 0.419. The van der Waals surface area contributed by atoms with Gasteiger partial charge in [0, 0.05) is 49.0 Å². The summed E-state index contributed by atoms with van der Waals surface area (Å²) in [6, 6.07) is 58.1. The quantitative estimate of drug-likeness (QED) is 0.181. The Balaban J connectivity index is 1.14. The average Bonchev–Trinajstić information content (AvgIpc) is 3.83. The summed E-state index contributed by atoms with van der Waals surface area (Å²) in [7, 11) is 0. The van der Waals surface area contributed by atoms with Crippen molar-refractivity contribution in [3.63, 3.8) is 0 Å². The normalized spacial score (nSPS) is 16.4. The molecule has 3 heteroatoms. The van der Waals surface area contributed by atoms with Crippen LogP contribution in [0.1, 0.15) is 11.5 Å². The second-order valence-corrected chi connectivity index (χ2v) is 14.9. The monoisotopic (exact) mass is 668 g/mol. The third kappa shape index (κ3) is 4.45. The van der Waals surface area contributed by atoms with Gasteiger partial charge in [-0.2, -0.15) is 0 Å². The van der Waals surface area contributed by atoms with E-state index in [1.54, 1.807) is 0 Å². The van der Waals surface area contributed by atoms with E-state index in [0.717, 1.165) is 5.69 Å². The molecule has 0 fully saturated rings. The van der Waals surface area contributed by atoms with Crippen LogP contribution < -0.4 is 0 Å². The maximum absolute atomic E-state index is 2.49. The zero-order valence-corrected chi connectivity index (χ0v) is 28.6. The molecule has 2 aromatic heterocycles. The molecule has 9 aromatic rings. The number of benzene rings is 7. The molecule has 0 saturated heterocycles. The summed E-state index contributed by atoms with van der Waals surface area (Å²) in [5.41, 5.74) is 13.6. The van der Waals surface area contributed by atoms with Crippen LogP contribution in [0.3, 0.4) is 0 Å². The lowest BCUT2D eigenvalue weighted by Crippen LogP contribution is -2.06. The van der Waals surface area contributed by atoms with Gasteiger partial charge in [-0.3, -0.25) is 0 Å². The lowest BCUT2D eigenvalue weighted by Gasteiger charge is -2.14. The molecule has 2 aliphatic rings. The Morgan fingerprint density at radius 3 is 1.80 bits per heavy atom. The molecule has 0 bridgehead atoms. The number of para-hydroxylation sites is 2. The van der Waals surface area contributed by atoms with Gasteiger partial charge in [0.15, 0.2) is 0 Å². The minimum Gasteiger partial charge on any atom is -0.309 e. The predicted molar refractivity (Wildman–Crippen MR) is 217 cm³/mol. The molecule has 1 aliphatic carbocycles. The van der Waals surface area contributed by atoms with E-state index < -0.39 is 0 Å². The van der Waals surface area contributed by atoms with Gasteiger partial charge in [-0.05, 0) is 82.4 Å². The second-order valence-electron chi connectivity index (χ2n) is 13.7. The Bertz CT molecular complexity index is 2870. The molecule has 0 saturated carbocycles. The number of hydrogen-bond acceptors (Lipinski definition) is 1. The Morgan fingerprint density at radius 1 is 0.392 bits per heavy atom. The van der Waals surface area contributed by atoms with E-state index in [1.807, 2.05) is 11.8 Å². The summed E-state index contributed by atoms with van der Waals surface area (Å²) in [5, 5.41) is 5.62. The smallest absolute Gasteiger partial charge is 0.0562 e. The predicted octanol–water partition coefficient (Wildman–Crippen LogP) is 12.9. The number of hydrogen-bond donors (Lipinski definition) is 0. The van der Waals surface area contributed by atoms with Crippen LogP contribution in [-0.4, -0.2) is 14.4 Å². The molecule has 3 heterocycles. The van der Waals surface area contributed by atoms with Gasteiger partial charge in [-0.1, -0.05) is 127 Å². The van der Waals surface area contributed by atoms with Crippen molar-refractivity contribution in [3.8, 4) is 33.6 Å². The van der Waals surface area contributed by atoms with Crippen molar-refractivity contribution >= 4 is 55.4 Å². The van der Waals surface area contributed by atoms with Crippen molar-refractivity contribution in [1.29, 1.82) is 0 Å². The molecule has 1 aliphatic heterocycles. The van der Waals surface area contributed by atoms with Crippen LogP contribution in [0.5, 0.6) is 0 Å². The van der Waals surface area contributed by atoms with E-state index >= 15 is 0 Å². The first-order valence-corrected chi connectivity index (χ1v) is 18.6. The van der Waals surface area contributed by atoms with Crippen LogP contribution in [0.25, 0.3) is 77.2 Å². The zero-order chi connectivity index (χ0) is 33.5. The lowest BCUT2D eigenvalue weighted by atomic mass is 9.91. The first-order chi connectivity index (χ1) is 25.3. The van der Waals surface area contributed by atoms with Crippen LogP contribution in [0.4, 0.5) is 0 Å². The molecule has 7 aromatic carbocycles. The zero-order valence-electron chi connectivity index (χ0n) is 27.8. The van der Waals surface area contributed by atoms with Gasteiger partial charge in [0.05, 0.1) is 22.1 Å². The number of thioether (sulfide) groups is 1. The van der Waals surface area contributed by atoms with Crippen LogP contribution >= 0.6 is 11.8 Å². The van der Waals surface area contributed by atoms with E-state index in [4.69, 9.17) is 0 Å². The highest BCUT2D eigenvalue weighted by Gasteiger charge is 2.32. The van der Waals surface area contributed by atoms with Crippen molar-refractivity contribution in [2.75, 3.05) is 0 Å². The molecular weight excluding hydrogens is 637 g/mol. The summed E-state index contributed by atoms with van der Waals surface area (Å²) >= 11 is 2.00. The maximum Gasteiger partial charge on any atom is 0.0562 e. The number of allylic oxidation sites excluding steroid dienone is 3. The summed E-state index contributed by atoms with van der Waals surface area (Å²) in [4.78, 5) is 1.39.